The Morgan fingerprint density at radius 1 is 1.03 bits per heavy atom. The number of anilines is 1. The third kappa shape index (κ3) is 4.93. The SMILES string of the molecule is COc1ccc(NS(=O)(=O)c2ccc3oc(SCc4csc(-c5ccccc5)n4)nc3c2)cc1. The highest BCUT2D eigenvalue weighted by molar-refractivity contribution is 7.98. The number of oxazole rings is 1. The molecule has 5 rings (SSSR count). The van der Waals surface area contributed by atoms with Gasteiger partial charge in [-0.2, -0.15) is 0 Å². The Kier molecular flexibility index (Phi) is 6.27. The van der Waals surface area contributed by atoms with Crippen molar-refractivity contribution in [3.8, 4) is 16.3 Å². The molecule has 5 aromatic rings. The van der Waals surface area contributed by atoms with Crippen LogP contribution in [0.15, 0.2) is 92.7 Å². The van der Waals surface area contributed by atoms with E-state index in [0.29, 0.717) is 33.5 Å². The van der Waals surface area contributed by atoms with Crippen molar-refractivity contribution < 1.29 is 17.6 Å². The minimum atomic E-state index is -3.78. The number of rotatable bonds is 8. The molecule has 0 spiro atoms. The number of sulfonamides is 1. The van der Waals surface area contributed by atoms with Gasteiger partial charge in [-0.05, 0) is 42.5 Å². The summed E-state index contributed by atoms with van der Waals surface area (Å²) in [6, 6.07) is 21.3. The Labute approximate surface area is 204 Å². The fraction of sp³-hybridized carbons (Fsp3) is 0.0833. The number of hydrogen-bond donors (Lipinski definition) is 1. The normalized spacial score (nSPS) is 11.6. The van der Waals surface area contributed by atoms with Gasteiger partial charge in [0.05, 0.1) is 17.7 Å². The van der Waals surface area contributed by atoms with E-state index >= 15 is 0 Å². The number of nitrogens with zero attached hydrogens (tertiary/aromatic N) is 2. The molecular formula is C24H19N3O4S3. The van der Waals surface area contributed by atoms with E-state index in [1.165, 1.54) is 23.9 Å². The van der Waals surface area contributed by atoms with Crippen molar-refractivity contribution in [1.82, 2.24) is 9.97 Å². The summed E-state index contributed by atoms with van der Waals surface area (Å²) >= 11 is 3.01. The summed E-state index contributed by atoms with van der Waals surface area (Å²) in [6.07, 6.45) is 0. The summed E-state index contributed by atoms with van der Waals surface area (Å²) in [7, 11) is -2.23. The number of thioether (sulfide) groups is 1. The summed E-state index contributed by atoms with van der Waals surface area (Å²) in [5.41, 5.74) is 3.46. The second-order valence-corrected chi connectivity index (χ2v) is 10.7. The molecule has 0 fully saturated rings. The highest BCUT2D eigenvalue weighted by Crippen LogP contribution is 2.30. The molecule has 10 heteroatoms. The van der Waals surface area contributed by atoms with Gasteiger partial charge < -0.3 is 9.15 Å². The van der Waals surface area contributed by atoms with E-state index in [2.05, 4.69) is 14.7 Å². The monoisotopic (exact) mass is 509 g/mol. The van der Waals surface area contributed by atoms with Crippen molar-refractivity contribution in [2.24, 2.45) is 0 Å². The number of hydrogen-bond acceptors (Lipinski definition) is 8. The van der Waals surface area contributed by atoms with Crippen LogP contribution in [0.5, 0.6) is 5.75 Å². The topological polar surface area (TPSA) is 94.3 Å². The van der Waals surface area contributed by atoms with E-state index in [1.54, 1.807) is 48.8 Å². The van der Waals surface area contributed by atoms with Gasteiger partial charge in [0, 0.05) is 22.4 Å². The molecule has 0 radical (unpaired) electrons. The highest BCUT2D eigenvalue weighted by Gasteiger charge is 2.17. The number of nitrogens with one attached hydrogen (secondary N) is 1. The average molecular weight is 510 g/mol. The smallest absolute Gasteiger partial charge is 0.261 e. The van der Waals surface area contributed by atoms with Gasteiger partial charge in [-0.25, -0.2) is 18.4 Å². The third-order valence-electron chi connectivity index (χ3n) is 4.91. The number of thiazole rings is 1. The van der Waals surface area contributed by atoms with Gasteiger partial charge in [0.15, 0.2) is 5.58 Å². The van der Waals surface area contributed by atoms with Gasteiger partial charge in [-0.1, -0.05) is 42.1 Å². The lowest BCUT2D eigenvalue weighted by Crippen LogP contribution is -2.12. The summed E-state index contributed by atoms with van der Waals surface area (Å²) in [5, 5.41) is 3.45. The number of methoxy groups -OCH3 is 1. The Morgan fingerprint density at radius 2 is 1.82 bits per heavy atom. The maximum Gasteiger partial charge on any atom is 0.261 e. The number of benzene rings is 3. The van der Waals surface area contributed by atoms with E-state index in [1.807, 2.05) is 35.7 Å². The van der Waals surface area contributed by atoms with Gasteiger partial charge >= 0.3 is 0 Å². The van der Waals surface area contributed by atoms with Crippen LogP contribution >= 0.6 is 23.1 Å². The van der Waals surface area contributed by atoms with Gasteiger partial charge in [0.25, 0.3) is 15.2 Å². The summed E-state index contributed by atoms with van der Waals surface area (Å²) < 4.78 is 39.1. The lowest BCUT2D eigenvalue weighted by atomic mass is 10.2. The predicted octanol–water partition coefficient (Wildman–Crippen LogP) is 6.05. The van der Waals surface area contributed by atoms with Gasteiger partial charge in [0.1, 0.15) is 16.3 Å². The zero-order chi connectivity index (χ0) is 23.5. The first-order valence-corrected chi connectivity index (χ1v) is 13.5. The largest absolute Gasteiger partial charge is 0.497 e. The molecule has 0 unspecified atom stereocenters. The van der Waals surface area contributed by atoms with Gasteiger partial charge in [-0.3, -0.25) is 4.72 Å². The van der Waals surface area contributed by atoms with Crippen LogP contribution in [0.25, 0.3) is 21.7 Å². The molecule has 0 aliphatic carbocycles. The first kappa shape index (κ1) is 22.5. The fourth-order valence-corrected chi connectivity index (χ4v) is 5.95. The molecule has 3 aromatic carbocycles. The Balaban J connectivity index is 1.29. The average Bonchev–Trinajstić information content (AvgIpc) is 3.50. The molecule has 172 valence electrons. The zero-order valence-corrected chi connectivity index (χ0v) is 20.4. The molecule has 2 aromatic heterocycles. The zero-order valence-electron chi connectivity index (χ0n) is 18.0. The fourth-order valence-electron chi connectivity index (χ4n) is 3.21. The maximum atomic E-state index is 12.8. The van der Waals surface area contributed by atoms with E-state index in [9.17, 15) is 8.42 Å². The lowest BCUT2D eigenvalue weighted by Gasteiger charge is -2.08. The van der Waals surface area contributed by atoms with Crippen LogP contribution in [0.3, 0.4) is 0 Å². The molecule has 7 nitrogen and oxygen atoms in total. The molecule has 0 aliphatic rings. The van der Waals surface area contributed by atoms with Crippen molar-refractivity contribution in [1.29, 1.82) is 0 Å². The maximum absolute atomic E-state index is 12.8. The van der Waals surface area contributed by atoms with E-state index in [4.69, 9.17) is 9.15 Å². The Bertz CT molecular complexity index is 1530. The highest BCUT2D eigenvalue weighted by atomic mass is 32.2. The van der Waals surface area contributed by atoms with Crippen molar-refractivity contribution in [3.05, 3.63) is 83.9 Å². The van der Waals surface area contributed by atoms with Crippen LogP contribution in [-0.4, -0.2) is 25.5 Å². The van der Waals surface area contributed by atoms with E-state index < -0.39 is 10.0 Å². The molecule has 2 heterocycles. The van der Waals surface area contributed by atoms with E-state index in [0.717, 1.165) is 16.3 Å². The van der Waals surface area contributed by atoms with Crippen LogP contribution in [-0.2, 0) is 15.8 Å². The van der Waals surface area contributed by atoms with Crippen LogP contribution in [0.4, 0.5) is 5.69 Å². The van der Waals surface area contributed by atoms with Crippen molar-refractivity contribution >= 4 is 49.9 Å². The Hall–Kier alpha value is -3.34. The minimum Gasteiger partial charge on any atom is -0.497 e. The molecule has 0 bridgehead atoms. The first-order chi connectivity index (χ1) is 16.5. The Morgan fingerprint density at radius 3 is 2.59 bits per heavy atom. The first-order valence-electron chi connectivity index (χ1n) is 10.2. The number of aromatic nitrogens is 2. The summed E-state index contributed by atoms with van der Waals surface area (Å²) in [4.78, 5) is 9.24. The second kappa shape index (κ2) is 9.49. The van der Waals surface area contributed by atoms with Crippen molar-refractivity contribution in [3.63, 3.8) is 0 Å². The van der Waals surface area contributed by atoms with Gasteiger partial charge in [0.2, 0.25) is 0 Å². The van der Waals surface area contributed by atoms with Crippen LogP contribution in [0.2, 0.25) is 0 Å². The van der Waals surface area contributed by atoms with Crippen molar-refractivity contribution in [2.45, 2.75) is 15.9 Å². The molecule has 0 aliphatic heterocycles. The van der Waals surface area contributed by atoms with Crippen LogP contribution in [0.1, 0.15) is 5.69 Å². The van der Waals surface area contributed by atoms with Crippen molar-refractivity contribution in [2.75, 3.05) is 11.8 Å². The standard InChI is InChI=1S/C24H19N3O4S3/c1-30-19-9-7-17(8-10-19)27-34(28,29)20-11-12-22-21(13-20)26-24(31-22)33-15-18-14-32-23(25-18)16-5-3-2-4-6-16/h2-14,27H,15H2,1H3. The number of fused-ring (bicyclic) bond motifs is 1. The predicted molar refractivity (Wildman–Crippen MR) is 135 cm³/mol. The molecule has 0 saturated carbocycles. The summed E-state index contributed by atoms with van der Waals surface area (Å²) in [6.45, 7) is 0. The van der Waals surface area contributed by atoms with Crippen LogP contribution in [0, 0.1) is 0 Å². The molecular weight excluding hydrogens is 490 g/mol. The van der Waals surface area contributed by atoms with E-state index in [-0.39, 0.29) is 4.90 Å². The molecule has 0 atom stereocenters. The summed E-state index contributed by atoms with van der Waals surface area (Å²) in [5.74, 6) is 1.24. The lowest BCUT2D eigenvalue weighted by molar-refractivity contribution is 0.415. The van der Waals surface area contributed by atoms with Gasteiger partial charge in [-0.15, -0.1) is 11.3 Å². The molecule has 34 heavy (non-hydrogen) atoms. The molecule has 1 N–H and O–H groups in total. The number of ether oxygens (including phenoxy) is 1. The molecule has 0 saturated heterocycles. The van der Waals surface area contributed by atoms with Crippen LogP contribution < -0.4 is 9.46 Å². The minimum absolute atomic E-state index is 0.104. The quantitative estimate of drug-likeness (QED) is 0.254. The second-order valence-electron chi connectivity index (χ2n) is 7.24. The third-order valence-corrected chi connectivity index (χ3v) is 8.09. The molecule has 0 amide bonds.